The van der Waals surface area contributed by atoms with E-state index in [0.29, 0.717) is 54.0 Å². The third kappa shape index (κ3) is 2.70. The highest BCUT2D eigenvalue weighted by atomic mass is 19.1. The zero-order valence-corrected chi connectivity index (χ0v) is 18.3. The minimum atomic E-state index is -1.56. The topological polar surface area (TPSA) is 90.4 Å². The number of Topliss-reactive ketones (excluding diaryl/α,β-unsaturated/α-hetero) is 1. The van der Waals surface area contributed by atoms with Gasteiger partial charge in [0, 0.05) is 41.2 Å². The Hall–Kier alpha value is -3.92. The van der Waals surface area contributed by atoms with Gasteiger partial charge in [0.15, 0.2) is 5.78 Å². The van der Waals surface area contributed by atoms with Crippen LogP contribution in [0.2, 0.25) is 0 Å². The Bertz CT molecular complexity index is 1290. The van der Waals surface area contributed by atoms with E-state index in [1.54, 1.807) is 21.9 Å². The second-order valence-corrected chi connectivity index (χ2v) is 8.51. The first kappa shape index (κ1) is 21.0. The standard InChI is InChI=1S/C26H23FN4O2/c1-2-14-30-20-7-4-3-6-18(20)26(25(30)33)19(15-28)24(29)31(17-12-10-16(27)11-13-17)21-8-5-9-22(32)23(21)26/h3-4,6-7,10-13H,2,5,8-9,14,29H2,1H3. The fraction of sp³-hybridized carbons (Fsp3) is 0.269. The molecule has 2 heterocycles. The van der Waals surface area contributed by atoms with Gasteiger partial charge in [-0.15, -0.1) is 0 Å². The summed E-state index contributed by atoms with van der Waals surface area (Å²) in [5.74, 6) is -0.782. The molecule has 0 fully saturated rings. The molecule has 1 spiro atoms. The van der Waals surface area contributed by atoms with Gasteiger partial charge in [0.1, 0.15) is 23.1 Å². The van der Waals surface area contributed by atoms with Crippen molar-refractivity contribution in [2.24, 2.45) is 5.73 Å². The van der Waals surface area contributed by atoms with Crippen LogP contribution in [0.4, 0.5) is 15.8 Å². The second kappa shape index (κ2) is 7.59. The molecule has 0 saturated heterocycles. The number of benzene rings is 2. The monoisotopic (exact) mass is 442 g/mol. The van der Waals surface area contributed by atoms with E-state index in [-0.39, 0.29) is 23.1 Å². The van der Waals surface area contributed by atoms with Crippen LogP contribution in [0.25, 0.3) is 0 Å². The largest absolute Gasteiger partial charge is 0.384 e. The molecule has 2 N–H and O–H groups in total. The summed E-state index contributed by atoms with van der Waals surface area (Å²) >= 11 is 0. The highest BCUT2D eigenvalue weighted by molar-refractivity contribution is 6.20. The number of hydrogen-bond acceptors (Lipinski definition) is 5. The van der Waals surface area contributed by atoms with Crippen molar-refractivity contribution in [3.63, 3.8) is 0 Å². The summed E-state index contributed by atoms with van der Waals surface area (Å²) in [4.78, 5) is 31.0. The number of rotatable bonds is 3. The summed E-state index contributed by atoms with van der Waals surface area (Å²) in [6.07, 6.45) is 2.14. The molecule has 3 aliphatic rings. The van der Waals surface area contributed by atoms with Crippen LogP contribution in [-0.4, -0.2) is 18.2 Å². The molecule has 2 aromatic carbocycles. The average Bonchev–Trinajstić information content (AvgIpc) is 3.05. The molecule has 1 atom stereocenters. The normalized spacial score (nSPS) is 22.1. The number of carbonyl (C=O) groups excluding carboxylic acids is 2. The van der Waals surface area contributed by atoms with Crippen molar-refractivity contribution in [1.29, 1.82) is 5.26 Å². The number of allylic oxidation sites excluding steroid dienone is 1. The summed E-state index contributed by atoms with van der Waals surface area (Å²) in [6, 6.07) is 15.3. The lowest BCUT2D eigenvalue weighted by molar-refractivity contribution is -0.124. The van der Waals surface area contributed by atoms with Crippen molar-refractivity contribution in [2.75, 3.05) is 16.3 Å². The molecule has 2 aromatic rings. The highest BCUT2D eigenvalue weighted by Gasteiger charge is 2.62. The summed E-state index contributed by atoms with van der Waals surface area (Å²) in [5, 5.41) is 10.4. The number of anilines is 2. The molecule has 5 rings (SSSR count). The van der Waals surface area contributed by atoms with Gasteiger partial charge in [-0.1, -0.05) is 25.1 Å². The minimum Gasteiger partial charge on any atom is -0.384 e. The van der Waals surface area contributed by atoms with Crippen molar-refractivity contribution in [2.45, 2.75) is 38.0 Å². The molecule has 1 aliphatic carbocycles. The Morgan fingerprint density at radius 2 is 1.85 bits per heavy atom. The fourth-order valence-corrected chi connectivity index (χ4v) is 5.46. The Labute approximate surface area is 191 Å². The Kier molecular flexibility index (Phi) is 4.82. The summed E-state index contributed by atoms with van der Waals surface area (Å²) in [7, 11) is 0. The second-order valence-electron chi connectivity index (χ2n) is 8.51. The van der Waals surface area contributed by atoms with Gasteiger partial charge in [-0.2, -0.15) is 5.26 Å². The van der Waals surface area contributed by atoms with Crippen LogP contribution in [-0.2, 0) is 15.0 Å². The van der Waals surface area contributed by atoms with Gasteiger partial charge in [0.25, 0.3) is 0 Å². The third-order valence-electron chi connectivity index (χ3n) is 6.71. The number of nitriles is 1. The predicted octanol–water partition coefficient (Wildman–Crippen LogP) is 4.04. The zero-order chi connectivity index (χ0) is 23.3. The average molecular weight is 442 g/mol. The fourth-order valence-electron chi connectivity index (χ4n) is 5.46. The van der Waals surface area contributed by atoms with E-state index in [4.69, 9.17) is 5.73 Å². The predicted molar refractivity (Wildman–Crippen MR) is 122 cm³/mol. The Morgan fingerprint density at radius 1 is 1.12 bits per heavy atom. The van der Waals surface area contributed by atoms with Crippen LogP contribution in [0.15, 0.2) is 71.2 Å². The van der Waals surface area contributed by atoms with Crippen LogP contribution in [0.5, 0.6) is 0 Å². The first-order valence-electron chi connectivity index (χ1n) is 11.1. The van der Waals surface area contributed by atoms with Gasteiger partial charge in [0.2, 0.25) is 5.91 Å². The highest BCUT2D eigenvalue weighted by Crippen LogP contribution is 2.56. The van der Waals surface area contributed by atoms with E-state index in [2.05, 4.69) is 6.07 Å². The molecule has 2 aliphatic heterocycles. The molecule has 0 aromatic heterocycles. The van der Waals surface area contributed by atoms with E-state index in [0.717, 1.165) is 6.42 Å². The van der Waals surface area contributed by atoms with Gasteiger partial charge in [-0.3, -0.25) is 14.5 Å². The molecule has 6 nitrogen and oxygen atoms in total. The van der Waals surface area contributed by atoms with Crippen molar-refractivity contribution in [1.82, 2.24) is 0 Å². The Balaban J connectivity index is 1.87. The van der Waals surface area contributed by atoms with Crippen molar-refractivity contribution >= 4 is 23.1 Å². The smallest absolute Gasteiger partial charge is 0.247 e. The summed E-state index contributed by atoms with van der Waals surface area (Å²) in [5.41, 5.74) is 7.89. The SMILES string of the molecule is CCCN1C(=O)C2(C(C#N)=C(N)N(c3ccc(F)cc3)C3=C2C(=O)CCC3)c2ccccc21. The van der Waals surface area contributed by atoms with E-state index < -0.39 is 11.2 Å². The maximum atomic E-state index is 14.2. The maximum absolute atomic E-state index is 14.2. The summed E-state index contributed by atoms with van der Waals surface area (Å²) in [6.45, 7) is 2.44. The first-order chi connectivity index (χ1) is 16.0. The molecule has 0 saturated carbocycles. The van der Waals surface area contributed by atoms with E-state index in [1.807, 2.05) is 31.2 Å². The van der Waals surface area contributed by atoms with Crippen LogP contribution < -0.4 is 15.5 Å². The van der Waals surface area contributed by atoms with E-state index >= 15 is 0 Å². The molecule has 166 valence electrons. The molecule has 0 bridgehead atoms. The number of nitrogens with two attached hydrogens (primary N) is 1. The van der Waals surface area contributed by atoms with Gasteiger partial charge in [-0.25, -0.2) is 4.39 Å². The van der Waals surface area contributed by atoms with Crippen LogP contribution in [0, 0.1) is 17.1 Å². The molecule has 1 amide bonds. The lowest BCUT2D eigenvalue weighted by atomic mass is 9.64. The maximum Gasteiger partial charge on any atom is 0.247 e. The van der Waals surface area contributed by atoms with Gasteiger partial charge in [-0.05, 0) is 49.6 Å². The van der Waals surface area contributed by atoms with E-state index in [1.165, 1.54) is 12.1 Å². The van der Waals surface area contributed by atoms with E-state index in [9.17, 15) is 19.2 Å². The van der Waals surface area contributed by atoms with Crippen molar-refractivity contribution in [3.05, 3.63) is 82.6 Å². The molecule has 33 heavy (non-hydrogen) atoms. The molecule has 1 unspecified atom stereocenters. The number of para-hydroxylation sites is 1. The molecular formula is C26H23FN4O2. The number of hydrogen-bond donors (Lipinski definition) is 1. The first-order valence-corrected chi connectivity index (χ1v) is 11.1. The third-order valence-corrected chi connectivity index (χ3v) is 6.71. The van der Waals surface area contributed by atoms with Gasteiger partial charge < -0.3 is 10.6 Å². The number of nitrogens with zero attached hydrogens (tertiary/aromatic N) is 3. The van der Waals surface area contributed by atoms with Crippen molar-refractivity contribution in [3.8, 4) is 6.07 Å². The van der Waals surface area contributed by atoms with Gasteiger partial charge >= 0.3 is 0 Å². The number of halogens is 1. The number of ketones is 1. The molecule has 7 heteroatoms. The minimum absolute atomic E-state index is 0.0388. The van der Waals surface area contributed by atoms with Crippen molar-refractivity contribution < 1.29 is 14.0 Å². The molecular weight excluding hydrogens is 419 g/mol. The van der Waals surface area contributed by atoms with Crippen LogP contribution in [0.1, 0.15) is 38.2 Å². The number of amides is 1. The number of carbonyl (C=O) groups is 2. The zero-order valence-electron chi connectivity index (χ0n) is 18.3. The molecule has 0 radical (unpaired) electrons. The van der Waals surface area contributed by atoms with Crippen LogP contribution >= 0.6 is 0 Å². The Morgan fingerprint density at radius 3 is 2.55 bits per heavy atom. The van der Waals surface area contributed by atoms with Crippen LogP contribution in [0.3, 0.4) is 0 Å². The quantitative estimate of drug-likeness (QED) is 0.775. The number of fused-ring (bicyclic) bond motifs is 3. The van der Waals surface area contributed by atoms with Gasteiger partial charge in [0.05, 0.1) is 5.57 Å². The summed E-state index contributed by atoms with van der Waals surface area (Å²) < 4.78 is 13.6. The lowest BCUT2D eigenvalue weighted by Gasteiger charge is -2.43. The lowest BCUT2D eigenvalue weighted by Crippen LogP contribution is -2.52.